The van der Waals surface area contributed by atoms with Crippen LogP contribution in [-0.2, 0) is 9.53 Å². The molecule has 1 atom stereocenters. The van der Waals surface area contributed by atoms with Crippen LogP contribution in [0.2, 0.25) is 0 Å². The number of carbonyl (C=O) groups is 1. The smallest absolute Gasteiger partial charge is 0.347 e. The molecule has 2 aromatic carbocycles. The van der Waals surface area contributed by atoms with Gasteiger partial charge in [-0.3, -0.25) is 4.79 Å². The van der Waals surface area contributed by atoms with Gasteiger partial charge in [-0.1, -0.05) is 35.2 Å². The highest BCUT2D eigenvalue weighted by molar-refractivity contribution is 9.13. The van der Waals surface area contributed by atoms with Gasteiger partial charge in [0, 0.05) is 20.4 Å². The maximum Gasteiger partial charge on any atom is 0.347 e. The molecule has 0 bridgehead atoms. The van der Waals surface area contributed by atoms with Crippen LogP contribution in [0.3, 0.4) is 0 Å². The van der Waals surface area contributed by atoms with Crippen LogP contribution < -0.4 is 15.0 Å². The van der Waals surface area contributed by atoms with Crippen molar-refractivity contribution < 1.29 is 19.0 Å². The van der Waals surface area contributed by atoms with Crippen LogP contribution in [0.15, 0.2) is 47.6 Å². The molecule has 3 aromatic rings. The molecule has 4 rings (SSSR count). The lowest BCUT2D eigenvalue weighted by molar-refractivity contribution is -0.150. The normalized spacial score (nSPS) is 15.1. The monoisotopic (exact) mass is 711 g/mol. The Bertz CT molecular complexity index is 1430. The van der Waals surface area contributed by atoms with E-state index in [9.17, 15) is 9.59 Å². The summed E-state index contributed by atoms with van der Waals surface area (Å²) in [6.45, 7) is 3.60. The number of rotatable bonds is 8. The minimum atomic E-state index is -0.841. The number of carbonyl (C=O) groups excluding carboxylic acids is 1. The van der Waals surface area contributed by atoms with Gasteiger partial charge in [-0.2, -0.15) is 9.78 Å². The Kier molecular flexibility index (Phi) is 9.64. The standard InChI is InChI=1S/C27H28Br3N3O5/c1-4-37-27(35)15(2)38-24-21(36-3)12-17(22(29)23(24)30)14-31-33-25(16-8-6-5-7-9-16)32-20-11-10-18(28)13-19(20)26(33)34/h10-16H,4-9H2,1-3H3/t15-/m1/s1. The highest BCUT2D eigenvalue weighted by Gasteiger charge is 2.24. The maximum atomic E-state index is 13.6. The van der Waals surface area contributed by atoms with Gasteiger partial charge < -0.3 is 14.2 Å². The molecule has 1 aromatic heterocycles. The minimum Gasteiger partial charge on any atom is -0.493 e. The number of methoxy groups -OCH3 is 1. The minimum absolute atomic E-state index is 0.159. The van der Waals surface area contributed by atoms with Crippen LogP contribution in [0, 0.1) is 0 Å². The molecule has 0 saturated heterocycles. The molecule has 1 saturated carbocycles. The number of benzene rings is 2. The Labute approximate surface area is 246 Å². The van der Waals surface area contributed by atoms with Crippen molar-refractivity contribution in [2.45, 2.75) is 58.0 Å². The fourth-order valence-electron chi connectivity index (χ4n) is 4.47. The lowest BCUT2D eigenvalue weighted by Gasteiger charge is -2.23. The molecule has 8 nitrogen and oxygen atoms in total. The summed E-state index contributed by atoms with van der Waals surface area (Å²) >= 11 is 10.6. The quantitative estimate of drug-likeness (QED) is 0.185. The Morgan fingerprint density at radius 3 is 2.61 bits per heavy atom. The topological polar surface area (TPSA) is 92.0 Å². The van der Waals surface area contributed by atoms with Crippen molar-refractivity contribution in [1.82, 2.24) is 9.66 Å². The molecule has 0 aliphatic heterocycles. The van der Waals surface area contributed by atoms with Gasteiger partial charge in [-0.25, -0.2) is 9.78 Å². The molecule has 1 aliphatic carbocycles. The van der Waals surface area contributed by atoms with Gasteiger partial charge in [0.25, 0.3) is 5.56 Å². The van der Waals surface area contributed by atoms with Gasteiger partial charge in [-0.15, -0.1) is 0 Å². The number of ether oxygens (including phenoxy) is 3. The van der Waals surface area contributed by atoms with E-state index in [1.54, 1.807) is 32.2 Å². The van der Waals surface area contributed by atoms with Crippen LogP contribution in [-0.4, -0.2) is 41.7 Å². The van der Waals surface area contributed by atoms with E-state index >= 15 is 0 Å². The molecule has 202 valence electrons. The van der Waals surface area contributed by atoms with Gasteiger partial charge >= 0.3 is 5.97 Å². The Morgan fingerprint density at radius 1 is 1.18 bits per heavy atom. The fraction of sp³-hybridized carbons (Fsp3) is 0.407. The van der Waals surface area contributed by atoms with Crippen molar-refractivity contribution in [3.63, 3.8) is 0 Å². The third kappa shape index (κ3) is 6.15. The average molecular weight is 714 g/mol. The summed E-state index contributed by atoms with van der Waals surface area (Å²) in [5.41, 5.74) is 1.08. The zero-order chi connectivity index (χ0) is 27.4. The van der Waals surface area contributed by atoms with Crippen molar-refractivity contribution in [3.8, 4) is 11.5 Å². The molecule has 0 radical (unpaired) electrons. The molecule has 1 fully saturated rings. The summed E-state index contributed by atoms with van der Waals surface area (Å²) in [5, 5.41) is 5.12. The summed E-state index contributed by atoms with van der Waals surface area (Å²) in [6, 6.07) is 7.24. The highest BCUT2D eigenvalue weighted by Crippen LogP contribution is 2.43. The van der Waals surface area contributed by atoms with E-state index < -0.39 is 12.1 Å². The molecular formula is C27H28Br3N3O5. The van der Waals surface area contributed by atoms with Gasteiger partial charge in [0.2, 0.25) is 0 Å². The van der Waals surface area contributed by atoms with Crippen LogP contribution in [0.1, 0.15) is 63.3 Å². The second-order valence-electron chi connectivity index (χ2n) is 8.97. The summed E-state index contributed by atoms with van der Waals surface area (Å²) < 4.78 is 19.8. The van der Waals surface area contributed by atoms with Gasteiger partial charge in [0.05, 0.1) is 35.3 Å². The molecule has 38 heavy (non-hydrogen) atoms. The van der Waals surface area contributed by atoms with E-state index in [0.29, 0.717) is 42.7 Å². The molecule has 0 N–H and O–H groups in total. The van der Waals surface area contributed by atoms with Crippen LogP contribution in [0.5, 0.6) is 11.5 Å². The van der Waals surface area contributed by atoms with Crippen molar-refractivity contribution in [2.75, 3.05) is 13.7 Å². The van der Waals surface area contributed by atoms with E-state index in [2.05, 4.69) is 52.9 Å². The third-order valence-corrected chi connectivity index (χ3v) is 9.04. The Morgan fingerprint density at radius 2 is 1.92 bits per heavy atom. The predicted octanol–water partition coefficient (Wildman–Crippen LogP) is 6.95. The number of hydrogen-bond acceptors (Lipinski definition) is 7. The highest BCUT2D eigenvalue weighted by atomic mass is 79.9. The van der Waals surface area contributed by atoms with Crippen LogP contribution in [0.25, 0.3) is 10.9 Å². The number of halogens is 3. The summed E-state index contributed by atoms with van der Waals surface area (Å²) in [7, 11) is 1.51. The number of hydrogen-bond donors (Lipinski definition) is 0. The van der Waals surface area contributed by atoms with E-state index in [-0.39, 0.29) is 18.1 Å². The second kappa shape index (κ2) is 12.7. The fourth-order valence-corrected chi connectivity index (χ4v) is 5.74. The van der Waals surface area contributed by atoms with E-state index in [0.717, 1.165) is 30.2 Å². The first-order chi connectivity index (χ1) is 18.2. The second-order valence-corrected chi connectivity index (χ2v) is 11.5. The lowest BCUT2D eigenvalue weighted by Crippen LogP contribution is -2.26. The summed E-state index contributed by atoms with van der Waals surface area (Å²) in [6.07, 6.45) is 6.08. The van der Waals surface area contributed by atoms with Gasteiger partial charge in [0.15, 0.2) is 17.6 Å². The Hall–Kier alpha value is -2.24. The largest absolute Gasteiger partial charge is 0.493 e. The average Bonchev–Trinajstić information content (AvgIpc) is 2.92. The summed E-state index contributed by atoms with van der Waals surface area (Å²) in [4.78, 5) is 30.6. The molecular weight excluding hydrogens is 686 g/mol. The molecule has 0 unspecified atom stereocenters. The molecule has 11 heteroatoms. The first-order valence-corrected chi connectivity index (χ1v) is 14.8. The first-order valence-electron chi connectivity index (χ1n) is 12.4. The Balaban J connectivity index is 1.78. The molecule has 0 amide bonds. The molecule has 0 spiro atoms. The third-order valence-electron chi connectivity index (χ3n) is 6.40. The molecule has 1 aliphatic rings. The molecule has 1 heterocycles. The number of aromatic nitrogens is 2. The van der Waals surface area contributed by atoms with Gasteiger partial charge in [-0.05, 0) is 82.8 Å². The maximum absolute atomic E-state index is 13.6. The van der Waals surface area contributed by atoms with Crippen molar-refractivity contribution >= 4 is 70.9 Å². The van der Waals surface area contributed by atoms with Crippen molar-refractivity contribution in [2.24, 2.45) is 5.10 Å². The van der Waals surface area contributed by atoms with Crippen molar-refractivity contribution in [3.05, 3.63) is 59.4 Å². The van der Waals surface area contributed by atoms with E-state index in [4.69, 9.17) is 19.2 Å². The zero-order valence-electron chi connectivity index (χ0n) is 21.3. The SMILES string of the molecule is CCOC(=O)[C@@H](C)Oc1c(OC)cc(C=Nn2c(C3CCCCC3)nc3ccc(Br)cc3c2=O)c(Br)c1Br. The lowest BCUT2D eigenvalue weighted by atomic mass is 9.88. The first kappa shape index (κ1) is 28.8. The predicted molar refractivity (Wildman–Crippen MR) is 158 cm³/mol. The van der Waals surface area contributed by atoms with Crippen LogP contribution >= 0.6 is 47.8 Å². The number of fused-ring (bicyclic) bond motifs is 1. The van der Waals surface area contributed by atoms with Crippen molar-refractivity contribution in [1.29, 1.82) is 0 Å². The number of esters is 1. The van der Waals surface area contributed by atoms with Crippen LogP contribution in [0.4, 0.5) is 0 Å². The van der Waals surface area contributed by atoms with E-state index in [1.807, 2.05) is 12.1 Å². The van der Waals surface area contributed by atoms with Gasteiger partial charge in [0.1, 0.15) is 5.82 Å². The zero-order valence-corrected chi connectivity index (χ0v) is 26.1. The van der Waals surface area contributed by atoms with E-state index in [1.165, 1.54) is 18.2 Å². The number of nitrogens with zero attached hydrogens (tertiary/aromatic N) is 3. The summed E-state index contributed by atoms with van der Waals surface area (Å²) in [5.74, 6) is 1.08.